The molecule has 12 aromatic rings. The van der Waals surface area contributed by atoms with Crippen LogP contribution in [0.2, 0.25) is 0 Å². The van der Waals surface area contributed by atoms with Crippen LogP contribution < -0.4 is 0 Å². The minimum Gasteiger partial charge on any atom is -0.307 e. The molecule has 0 spiro atoms. The van der Waals surface area contributed by atoms with Gasteiger partial charge in [-0.15, -0.1) is 0 Å². The van der Waals surface area contributed by atoms with Gasteiger partial charge in [0.05, 0.1) is 40.5 Å². The smallest absolute Gasteiger partial charge is 0.187 e. The zero-order chi connectivity index (χ0) is 46.0. The summed E-state index contributed by atoms with van der Waals surface area (Å²) in [6.07, 6.45) is 2.05. The zero-order valence-corrected chi connectivity index (χ0v) is 38.4. The van der Waals surface area contributed by atoms with Gasteiger partial charge in [0, 0.05) is 27.1 Å². The van der Waals surface area contributed by atoms with Crippen molar-refractivity contribution in [2.75, 3.05) is 0 Å². The normalized spacial score (nSPS) is 11.5. The highest BCUT2D eigenvalue weighted by Crippen LogP contribution is 2.42. The van der Waals surface area contributed by atoms with Gasteiger partial charge < -0.3 is 4.57 Å². The summed E-state index contributed by atoms with van der Waals surface area (Å²) in [4.78, 5) is 9.19. The Kier molecular flexibility index (Phi) is 9.74. The molecular weight excluding hydrogens is 825 g/mol. The molecule has 322 valence electrons. The molecule has 4 heteroatoms. The van der Waals surface area contributed by atoms with Crippen molar-refractivity contribution >= 4 is 49.3 Å². The Hall–Kier alpha value is -8.78. The molecule has 12 rings (SSSR count). The van der Waals surface area contributed by atoms with Gasteiger partial charge in [-0.3, -0.25) is 4.57 Å². The number of aryl methyl sites for hydroxylation is 4. The summed E-state index contributed by atoms with van der Waals surface area (Å²) in [6.45, 7) is 16.3. The topological polar surface area (TPSA) is 27.1 Å². The third kappa shape index (κ3) is 7.05. The van der Waals surface area contributed by atoms with Gasteiger partial charge in [-0.05, 0) is 132 Å². The van der Waals surface area contributed by atoms with E-state index in [1.165, 1.54) is 77.5 Å². The first-order valence-corrected chi connectivity index (χ1v) is 23.2. The van der Waals surface area contributed by atoms with Gasteiger partial charge in [0.15, 0.2) is 5.69 Å². The van der Waals surface area contributed by atoms with Crippen molar-refractivity contribution in [3.63, 3.8) is 0 Å². The number of pyridine rings is 1. The second kappa shape index (κ2) is 16.3. The summed E-state index contributed by atoms with van der Waals surface area (Å²) < 4.78 is 4.70. The van der Waals surface area contributed by atoms with Crippen LogP contribution in [0.3, 0.4) is 0 Å². The summed E-state index contributed by atoms with van der Waals surface area (Å²) in [6, 6.07) is 72.7. The SMILES string of the molecule is [C-]#[N+]c1ccc(-c2cc(-n3c4ccc(-c5ccc(C)cc5)cc4c4cc(-c5ccc(C)cc5)ccc43)ncc2-n2c3ccc(-c4ccc(C)cc4)cc3c3cc(-c4ccc(C)cc4)ccc32)cc1. The Labute approximate surface area is 396 Å². The predicted octanol–water partition coefficient (Wildman–Crippen LogP) is 17.4. The van der Waals surface area contributed by atoms with Crippen molar-refractivity contribution in [3.8, 4) is 67.1 Å². The van der Waals surface area contributed by atoms with Gasteiger partial charge in [0.2, 0.25) is 0 Å². The molecule has 0 fully saturated rings. The van der Waals surface area contributed by atoms with Gasteiger partial charge in [0.25, 0.3) is 0 Å². The first-order chi connectivity index (χ1) is 33.3. The fourth-order valence-electron chi connectivity index (χ4n) is 9.94. The number of fused-ring (bicyclic) bond motifs is 6. The summed E-state index contributed by atoms with van der Waals surface area (Å²) >= 11 is 0. The lowest BCUT2D eigenvalue weighted by molar-refractivity contribution is 1.06. The minimum atomic E-state index is 0.602. The van der Waals surface area contributed by atoms with Gasteiger partial charge in [-0.1, -0.05) is 168 Å². The third-order valence-corrected chi connectivity index (χ3v) is 13.7. The van der Waals surface area contributed by atoms with E-state index in [0.29, 0.717) is 5.69 Å². The number of aromatic nitrogens is 3. The van der Waals surface area contributed by atoms with Gasteiger partial charge >= 0.3 is 0 Å². The van der Waals surface area contributed by atoms with E-state index in [-0.39, 0.29) is 0 Å². The average Bonchev–Trinajstić information content (AvgIpc) is 3.88. The molecule has 0 bridgehead atoms. The molecule has 4 nitrogen and oxygen atoms in total. The maximum absolute atomic E-state index is 7.78. The molecule has 0 radical (unpaired) electrons. The standard InChI is InChI=1S/C64H46N4/c1-40-6-14-44(15-7-40)49-24-30-59-55(34-49)56-35-50(45-16-8-41(2)9-17-45)25-31-60(56)67(59)63-39-66-64(38-54(63)48-22-28-53(65-5)29-23-48)68-61-32-26-51(46-18-10-42(3)11-19-46)36-57(61)58-37-52(27-33-62(58)68)47-20-12-43(4)13-21-47/h6-39H,1-4H3. The van der Waals surface area contributed by atoms with Gasteiger partial charge in [-0.25, -0.2) is 9.83 Å². The Morgan fingerprint density at radius 2 is 0.647 bits per heavy atom. The van der Waals surface area contributed by atoms with Crippen molar-refractivity contribution < 1.29 is 0 Å². The molecule has 3 heterocycles. The summed E-state index contributed by atoms with van der Waals surface area (Å²) in [5.41, 5.74) is 22.3. The number of benzene rings is 9. The highest BCUT2D eigenvalue weighted by molar-refractivity contribution is 6.13. The van der Waals surface area contributed by atoms with Crippen LogP contribution in [0.4, 0.5) is 5.69 Å². The molecule has 0 saturated carbocycles. The fourth-order valence-corrected chi connectivity index (χ4v) is 9.94. The van der Waals surface area contributed by atoms with Crippen molar-refractivity contribution in [3.05, 3.63) is 240 Å². The van der Waals surface area contributed by atoms with Gasteiger partial charge in [-0.2, -0.15) is 0 Å². The summed E-state index contributed by atoms with van der Waals surface area (Å²) in [5, 5.41) is 4.66. The molecule has 9 aromatic carbocycles. The lowest BCUT2D eigenvalue weighted by atomic mass is 9.99. The first kappa shape index (κ1) is 40.7. The van der Waals surface area contributed by atoms with Crippen LogP contribution in [0.5, 0.6) is 0 Å². The number of hydrogen-bond acceptors (Lipinski definition) is 1. The molecule has 3 aromatic heterocycles. The zero-order valence-electron chi connectivity index (χ0n) is 38.4. The minimum absolute atomic E-state index is 0.602. The monoisotopic (exact) mass is 870 g/mol. The van der Waals surface area contributed by atoms with E-state index in [0.717, 1.165) is 55.5 Å². The van der Waals surface area contributed by atoms with Crippen molar-refractivity contribution in [1.82, 2.24) is 14.1 Å². The third-order valence-electron chi connectivity index (χ3n) is 13.7. The van der Waals surface area contributed by atoms with Crippen LogP contribution in [-0.2, 0) is 0 Å². The largest absolute Gasteiger partial charge is 0.307 e. The predicted molar refractivity (Wildman–Crippen MR) is 285 cm³/mol. The Morgan fingerprint density at radius 1 is 0.338 bits per heavy atom. The van der Waals surface area contributed by atoms with Gasteiger partial charge in [0.1, 0.15) is 5.82 Å². The summed E-state index contributed by atoms with van der Waals surface area (Å²) in [5.74, 6) is 0.813. The first-order valence-electron chi connectivity index (χ1n) is 23.2. The maximum Gasteiger partial charge on any atom is 0.187 e. The van der Waals surface area contributed by atoms with Crippen LogP contribution in [-0.4, -0.2) is 14.1 Å². The van der Waals surface area contributed by atoms with E-state index < -0.39 is 0 Å². The second-order valence-corrected chi connectivity index (χ2v) is 18.3. The number of nitrogens with zero attached hydrogens (tertiary/aromatic N) is 4. The van der Waals surface area contributed by atoms with E-state index >= 15 is 0 Å². The van der Waals surface area contributed by atoms with Crippen molar-refractivity contribution in [1.29, 1.82) is 0 Å². The summed E-state index contributed by atoms with van der Waals surface area (Å²) in [7, 11) is 0. The molecule has 0 aliphatic carbocycles. The fraction of sp³-hybridized carbons (Fsp3) is 0.0625. The van der Waals surface area contributed by atoms with Crippen LogP contribution in [0, 0.1) is 34.3 Å². The van der Waals surface area contributed by atoms with E-state index in [2.05, 4.69) is 230 Å². The second-order valence-electron chi connectivity index (χ2n) is 18.3. The van der Waals surface area contributed by atoms with E-state index in [4.69, 9.17) is 11.6 Å². The highest BCUT2D eigenvalue weighted by atomic mass is 15.1. The van der Waals surface area contributed by atoms with E-state index in [1.807, 2.05) is 18.3 Å². The van der Waals surface area contributed by atoms with Crippen LogP contribution in [0.25, 0.3) is 116 Å². The lowest BCUT2D eigenvalue weighted by Gasteiger charge is -2.17. The molecule has 0 saturated heterocycles. The Morgan fingerprint density at radius 3 is 0.985 bits per heavy atom. The van der Waals surface area contributed by atoms with E-state index in [9.17, 15) is 0 Å². The van der Waals surface area contributed by atoms with Crippen LogP contribution in [0.15, 0.2) is 206 Å². The molecule has 0 atom stereocenters. The van der Waals surface area contributed by atoms with E-state index in [1.54, 1.807) is 0 Å². The Balaban J connectivity index is 1.11. The number of rotatable bonds is 7. The maximum atomic E-state index is 7.78. The molecule has 0 amide bonds. The quantitative estimate of drug-likeness (QED) is 0.147. The molecule has 68 heavy (non-hydrogen) atoms. The molecule has 0 aliphatic heterocycles. The van der Waals surface area contributed by atoms with Crippen molar-refractivity contribution in [2.45, 2.75) is 27.7 Å². The molecule has 0 unspecified atom stereocenters. The number of hydrogen-bond donors (Lipinski definition) is 0. The lowest BCUT2D eigenvalue weighted by Crippen LogP contribution is -2.03. The Bertz CT molecular complexity index is 3750. The van der Waals surface area contributed by atoms with Crippen LogP contribution >= 0.6 is 0 Å². The van der Waals surface area contributed by atoms with Crippen LogP contribution in [0.1, 0.15) is 22.3 Å². The van der Waals surface area contributed by atoms with Crippen molar-refractivity contribution in [2.24, 2.45) is 0 Å². The highest BCUT2D eigenvalue weighted by Gasteiger charge is 2.21. The average molecular weight is 871 g/mol. The molecule has 0 N–H and O–H groups in total. The molecular formula is C64H46N4. The molecule has 0 aliphatic rings.